The van der Waals surface area contributed by atoms with Gasteiger partial charge in [0.05, 0.1) is 6.54 Å². The summed E-state index contributed by atoms with van der Waals surface area (Å²) in [5, 5.41) is 9.59. The summed E-state index contributed by atoms with van der Waals surface area (Å²) >= 11 is 0. The number of carbonyl (C=O) groups is 1. The molecule has 2 heterocycles. The van der Waals surface area contributed by atoms with Gasteiger partial charge in [-0.15, -0.1) is 0 Å². The molecule has 25 heavy (non-hydrogen) atoms. The number of imidazole rings is 1. The van der Waals surface area contributed by atoms with E-state index >= 15 is 0 Å². The normalized spacial score (nSPS) is 17.8. The highest BCUT2D eigenvalue weighted by atomic mass is 16.4. The first-order valence-electron chi connectivity index (χ1n) is 8.52. The van der Waals surface area contributed by atoms with Crippen LogP contribution in [0.2, 0.25) is 0 Å². The van der Waals surface area contributed by atoms with Crippen molar-refractivity contribution < 1.29 is 9.90 Å². The average molecular weight is 340 g/mol. The molecule has 3 rings (SSSR count). The fourth-order valence-corrected chi connectivity index (χ4v) is 3.08. The standard InChI is InChI=1S/C19H24N4O2/c1-21-10-9-20-18(21)15-22-11-13-23(14-12-22)17(19(24)25)8-7-16-5-3-2-4-6-16/h2-10,17H,11-15H2,1H3,(H,24,25)/b8-7+/t17-/m0/s1. The molecule has 1 N–H and O–H groups in total. The highest BCUT2D eigenvalue weighted by Gasteiger charge is 2.27. The molecule has 6 heteroatoms. The molecular formula is C19H24N4O2. The first-order valence-corrected chi connectivity index (χ1v) is 8.52. The number of carboxylic acid groups (broad SMARTS) is 1. The molecule has 1 atom stereocenters. The first kappa shape index (κ1) is 17.4. The van der Waals surface area contributed by atoms with Crippen LogP contribution in [0.25, 0.3) is 6.08 Å². The van der Waals surface area contributed by atoms with E-state index in [1.165, 1.54) is 0 Å². The lowest BCUT2D eigenvalue weighted by Crippen LogP contribution is -2.51. The van der Waals surface area contributed by atoms with Crippen molar-refractivity contribution >= 4 is 12.0 Å². The molecule has 1 aliphatic heterocycles. The number of nitrogens with zero attached hydrogens (tertiary/aromatic N) is 4. The number of hydrogen-bond donors (Lipinski definition) is 1. The van der Waals surface area contributed by atoms with Gasteiger partial charge in [0.1, 0.15) is 11.9 Å². The van der Waals surface area contributed by atoms with E-state index in [4.69, 9.17) is 0 Å². The van der Waals surface area contributed by atoms with Gasteiger partial charge in [-0.2, -0.15) is 0 Å². The molecule has 1 aliphatic rings. The molecule has 0 bridgehead atoms. The predicted molar refractivity (Wildman–Crippen MR) is 97.0 cm³/mol. The Morgan fingerprint density at radius 1 is 1.24 bits per heavy atom. The second-order valence-electron chi connectivity index (χ2n) is 6.32. The predicted octanol–water partition coefficient (Wildman–Crippen LogP) is 1.70. The number of rotatable bonds is 6. The smallest absolute Gasteiger partial charge is 0.324 e. The second kappa shape index (κ2) is 8.09. The van der Waals surface area contributed by atoms with E-state index in [1.807, 2.05) is 59.1 Å². The molecular weight excluding hydrogens is 316 g/mol. The minimum absolute atomic E-state index is 0.587. The van der Waals surface area contributed by atoms with Crippen molar-refractivity contribution in [2.24, 2.45) is 7.05 Å². The number of aliphatic carboxylic acids is 1. The van der Waals surface area contributed by atoms with Crippen LogP contribution in [-0.2, 0) is 18.4 Å². The Morgan fingerprint density at radius 2 is 1.96 bits per heavy atom. The van der Waals surface area contributed by atoms with E-state index in [-0.39, 0.29) is 0 Å². The lowest BCUT2D eigenvalue weighted by Gasteiger charge is -2.36. The highest BCUT2D eigenvalue weighted by Crippen LogP contribution is 2.12. The Morgan fingerprint density at radius 3 is 2.56 bits per heavy atom. The quantitative estimate of drug-likeness (QED) is 0.867. The summed E-state index contributed by atoms with van der Waals surface area (Å²) in [6.45, 7) is 3.96. The third kappa shape index (κ3) is 4.55. The molecule has 2 aromatic rings. The minimum Gasteiger partial charge on any atom is -0.480 e. The maximum atomic E-state index is 11.7. The van der Waals surface area contributed by atoms with Gasteiger partial charge in [-0.25, -0.2) is 4.98 Å². The zero-order chi connectivity index (χ0) is 17.6. The third-order valence-corrected chi connectivity index (χ3v) is 4.61. The van der Waals surface area contributed by atoms with Crippen LogP contribution in [0.5, 0.6) is 0 Å². The Balaban J connectivity index is 1.58. The van der Waals surface area contributed by atoms with E-state index in [0.717, 1.165) is 44.1 Å². The largest absolute Gasteiger partial charge is 0.480 e. The van der Waals surface area contributed by atoms with Crippen LogP contribution in [0.15, 0.2) is 48.8 Å². The third-order valence-electron chi connectivity index (χ3n) is 4.61. The summed E-state index contributed by atoms with van der Waals surface area (Å²) in [5.41, 5.74) is 1.02. The van der Waals surface area contributed by atoms with E-state index in [9.17, 15) is 9.90 Å². The SMILES string of the molecule is Cn1ccnc1CN1CCN([C@@H](/C=C/c2ccccc2)C(=O)O)CC1. The molecule has 0 amide bonds. The van der Waals surface area contributed by atoms with Gasteiger partial charge in [-0.05, 0) is 5.56 Å². The number of carboxylic acids is 1. The van der Waals surface area contributed by atoms with E-state index in [0.29, 0.717) is 0 Å². The number of aryl methyl sites for hydroxylation is 1. The molecule has 0 saturated carbocycles. The maximum absolute atomic E-state index is 11.7. The molecule has 1 fully saturated rings. The van der Waals surface area contributed by atoms with Crippen LogP contribution in [0, 0.1) is 0 Å². The van der Waals surface area contributed by atoms with E-state index in [2.05, 4.69) is 9.88 Å². The number of piperazine rings is 1. The van der Waals surface area contributed by atoms with Gasteiger partial charge >= 0.3 is 5.97 Å². The number of aromatic nitrogens is 2. The van der Waals surface area contributed by atoms with Crippen molar-refractivity contribution in [3.63, 3.8) is 0 Å². The summed E-state index contributed by atoms with van der Waals surface area (Å²) in [7, 11) is 1.99. The van der Waals surface area contributed by atoms with Crippen molar-refractivity contribution in [3.05, 3.63) is 60.2 Å². The Labute approximate surface area is 148 Å². The van der Waals surface area contributed by atoms with Crippen molar-refractivity contribution in [1.29, 1.82) is 0 Å². The maximum Gasteiger partial charge on any atom is 0.324 e. The summed E-state index contributed by atoms with van der Waals surface area (Å²) in [6, 6.07) is 9.21. The zero-order valence-corrected chi connectivity index (χ0v) is 14.5. The van der Waals surface area contributed by atoms with Crippen molar-refractivity contribution in [2.75, 3.05) is 26.2 Å². The highest BCUT2D eigenvalue weighted by molar-refractivity contribution is 5.77. The summed E-state index contributed by atoms with van der Waals surface area (Å²) < 4.78 is 2.02. The van der Waals surface area contributed by atoms with Crippen molar-refractivity contribution in [1.82, 2.24) is 19.4 Å². The summed E-state index contributed by atoms with van der Waals surface area (Å²) in [6.07, 6.45) is 7.42. The Kier molecular flexibility index (Phi) is 5.63. The zero-order valence-electron chi connectivity index (χ0n) is 14.5. The van der Waals surface area contributed by atoms with Crippen LogP contribution < -0.4 is 0 Å². The molecule has 1 aromatic heterocycles. The molecule has 0 aliphatic carbocycles. The Hall–Kier alpha value is -2.44. The molecule has 0 radical (unpaired) electrons. The van der Waals surface area contributed by atoms with Crippen LogP contribution in [0.1, 0.15) is 11.4 Å². The minimum atomic E-state index is -0.801. The van der Waals surface area contributed by atoms with Gasteiger partial charge < -0.3 is 9.67 Å². The summed E-state index contributed by atoms with van der Waals surface area (Å²) in [5.74, 6) is 0.233. The second-order valence-corrected chi connectivity index (χ2v) is 6.32. The van der Waals surface area contributed by atoms with Gasteiger partial charge in [0, 0.05) is 45.6 Å². The topological polar surface area (TPSA) is 61.6 Å². The number of benzene rings is 1. The van der Waals surface area contributed by atoms with Crippen LogP contribution in [-0.4, -0.2) is 62.6 Å². The van der Waals surface area contributed by atoms with Gasteiger partial charge in [-0.3, -0.25) is 14.6 Å². The van der Waals surface area contributed by atoms with Gasteiger partial charge in [-0.1, -0.05) is 42.5 Å². The molecule has 6 nitrogen and oxygen atoms in total. The number of hydrogen-bond acceptors (Lipinski definition) is 4. The fourth-order valence-electron chi connectivity index (χ4n) is 3.08. The van der Waals surface area contributed by atoms with Crippen molar-refractivity contribution in [3.8, 4) is 0 Å². The Bertz CT molecular complexity index is 718. The van der Waals surface area contributed by atoms with Crippen LogP contribution >= 0.6 is 0 Å². The van der Waals surface area contributed by atoms with Crippen molar-refractivity contribution in [2.45, 2.75) is 12.6 Å². The van der Waals surface area contributed by atoms with Gasteiger partial charge in [0.25, 0.3) is 0 Å². The molecule has 1 saturated heterocycles. The molecule has 1 aromatic carbocycles. The van der Waals surface area contributed by atoms with Crippen LogP contribution in [0.4, 0.5) is 0 Å². The monoisotopic (exact) mass is 340 g/mol. The average Bonchev–Trinajstić information content (AvgIpc) is 3.02. The first-order chi connectivity index (χ1) is 12.1. The van der Waals surface area contributed by atoms with Crippen LogP contribution in [0.3, 0.4) is 0 Å². The van der Waals surface area contributed by atoms with E-state index in [1.54, 1.807) is 12.3 Å². The molecule has 132 valence electrons. The van der Waals surface area contributed by atoms with E-state index < -0.39 is 12.0 Å². The summed E-state index contributed by atoms with van der Waals surface area (Å²) in [4.78, 5) is 20.4. The lowest BCUT2D eigenvalue weighted by molar-refractivity contribution is -0.142. The lowest BCUT2D eigenvalue weighted by atomic mass is 10.1. The van der Waals surface area contributed by atoms with Gasteiger partial charge in [0.15, 0.2) is 0 Å². The van der Waals surface area contributed by atoms with Gasteiger partial charge in [0.2, 0.25) is 0 Å². The molecule has 0 spiro atoms. The fraction of sp³-hybridized carbons (Fsp3) is 0.368. The molecule has 0 unspecified atom stereocenters.